The van der Waals surface area contributed by atoms with Crippen molar-refractivity contribution < 1.29 is 14.3 Å². The van der Waals surface area contributed by atoms with E-state index in [1.807, 2.05) is 12.1 Å². The van der Waals surface area contributed by atoms with Gasteiger partial charge in [-0.25, -0.2) is 0 Å². The summed E-state index contributed by atoms with van der Waals surface area (Å²) in [4.78, 5) is 14.3. The largest absolute Gasteiger partial charge is 0.497 e. The van der Waals surface area contributed by atoms with E-state index in [1.165, 1.54) is 32.1 Å². The molecular formula is C19H30N2O3. The molecule has 0 bridgehead atoms. The molecule has 1 fully saturated rings. The quantitative estimate of drug-likeness (QED) is 0.706. The summed E-state index contributed by atoms with van der Waals surface area (Å²) >= 11 is 0. The number of ether oxygens (including phenoxy) is 2. The van der Waals surface area contributed by atoms with Crippen molar-refractivity contribution in [3.05, 3.63) is 24.3 Å². The number of carbonyl (C=O) groups is 1. The van der Waals surface area contributed by atoms with E-state index >= 15 is 0 Å². The minimum atomic E-state index is -0.0777. The van der Waals surface area contributed by atoms with E-state index in [4.69, 9.17) is 9.47 Å². The van der Waals surface area contributed by atoms with Crippen molar-refractivity contribution in [1.29, 1.82) is 0 Å². The second kappa shape index (κ2) is 10.2. The number of amides is 1. The molecule has 2 rings (SSSR count). The van der Waals surface area contributed by atoms with Crippen molar-refractivity contribution in [3.63, 3.8) is 0 Å². The Bertz CT molecular complexity index is 484. The summed E-state index contributed by atoms with van der Waals surface area (Å²) in [5.74, 6) is 1.36. The van der Waals surface area contributed by atoms with Gasteiger partial charge in [0.2, 0.25) is 0 Å². The highest BCUT2D eigenvalue weighted by molar-refractivity contribution is 5.77. The van der Waals surface area contributed by atoms with Gasteiger partial charge in [0.1, 0.15) is 11.5 Å². The van der Waals surface area contributed by atoms with Gasteiger partial charge in [0.25, 0.3) is 5.91 Å². The van der Waals surface area contributed by atoms with Gasteiger partial charge < -0.3 is 19.7 Å². The first kappa shape index (κ1) is 18.6. The first-order valence-corrected chi connectivity index (χ1v) is 8.93. The van der Waals surface area contributed by atoms with Crippen LogP contribution in [0.25, 0.3) is 0 Å². The molecule has 1 amide bonds. The van der Waals surface area contributed by atoms with Crippen molar-refractivity contribution in [1.82, 2.24) is 10.2 Å². The predicted molar refractivity (Wildman–Crippen MR) is 95.6 cm³/mol. The smallest absolute Gasteiger partial charge is 0.257 e. The molecule has 0 atom stereocenters. The number of methoxy groups -OCH3 is 1. The molecule has 134 valence electrons. The maximum Gasteiger partial charge on any atom is 0.257 e. The Labute approximate surface area is 145 Å². The first-order chi connectivity index (χ1) is 11.7. The molecule has 0 unspecified atom stereocenters. The van der Waals surface area contributed by atoms with Gasteiger partial charge in [0, 0.05) is 12.6 Å². The minimum Gasteiger partial charge on any atom is -0.497 e. The minimum absolute atomic E-state index is 0.0464. The van der Waals surface area contributed by atoms with Crippen molar-refractivity contribution in [2.45, 2.75) is 44.6 Å². The van der Waals surface area contributed by atoms with E-state index in [0.717, 1.165) is 24.8 Å². The van der Waals surface area contributed by atoms with E-state index in [1.54, 1.807) is 19.2 Å². The van der Waals surface area contributed by atoms with E-state index < -0.39 is 0 Å². The van der Waals surface area contributed by atoms with Crippen molar-refractivity contribution in [2.24, 2.45) is 0 Å². The van der Waals surface area contributed by atoms with Gasteiger partial charge in [-0.2, -0.15) is 0 Å². The maximum atomic E-state index is 11.8. The molecule has 0 saturated heterocycles. The summed E-state index contributed by atoms with van der Waals surface area (Å²) in [7, 11) is 3.82. The number of rotatable bonds is 9. The molecule has 0 aromatic heterocycles. The lowest BCUT2D eigenvalue weighted by molar-refractivity contribution is -0.123. The van der Waals surface area contributed by atoms with E-state index in [0.29, 0.717) is 12.3 Å². The number of hydrogen-bond acceptors (Lipinski definition) is 4. The standard InChI is InChI=1S/C19H30N2O3/c1-21(16-7-4-3-5-8-16)14-6-13-20-19(22)15-24-18-11-9-17(23-2)10-12-18/h9-12,16H,3-8,13-15H2,1-2H3,(H,20,22). The van der Waals surface area contributed by atoms with Crippen LogP contribution in [0.4, 0.5) is 0 Å². The zero-order chi connectivity index (χ0) is 17.2. The molecule has 1 aromatic rings. The summed E-state index contributed by atoms with van der Waals surface area (Å²) in [6.07, 6.45) is 7.70. The average molecular weight is 334 g/mol. The molecule has 0 radical (unpaired) electrons. The number of nitrogens with zero attached hydrogens (tertiary/aromatic N) is 1. The lowest BCUT2D eigenvalue weighted by Crippen LogP contribution is -2.36. The zero-order valence-electron chi connectivity index (χ0n) is 14.9. The van der Waals surface area contributed by atoms with Gasteiger partial charge in [-0.15, -0.1) is 0 Å². The van der Waals surface area contributed by atoms with Gasteiger partial charge in [-0.05, 0) is 57.1 Å². The van der Waals surface area contributed by atoms with Crippen LogP contribution < -0.4 is 14.8 Å². The van der Waals surface area contributed by atoms with Crippen molar-refractivity contribution in [3.8, 4) is 11.5 Å². The molecule has 1 N–H and O–H groups in total. The third kappa shape index (κ3) is 6.40. The van der Waals surface area contributed by atoms with Gasteiger partial charge in [0.15, 0.2) is 6.61 Å². The van der Waals surface area contributed by atoms with E-state index in [2.05, 4.69) is 17.3 Å². The van der Waals surface area contributed by atoms with Crippen LogP contribution in [0.15, 0.2) is 24.3 Å². The van der Waals surface area contributed by atoms with Crippen LogP contribution >= 0.6 is 0 Å². The Morgan fingerprint density at radius 2 is 1.83 bits per heavy atom. The Hall–Kier alpha value is -1.75. The molecule has 5 heteroatoms. The topological polar surface area (TPSA) is 50.8 Å². The number of benzene rings is 1. The van der Waals surface area contributed by atoms with Crippen molar-refractivity contribution in [2.75, 3.05) is 33.9 Å². The fourth-order valence-corrected chi connectivity index (χ4v) is 3.13. The SMILES string of the molecule is COc1ccc(OCC(=O)NCCCN(C)C2CCCCC2)cc1. The van der Waals surface area contributed by atoms with Gasteiger partial charge in [-0.3, -0.25) is 4.79 Å². The molecule has 1 aliphatic carbocycles. The number of hydrogen-bond donors (Lipinski definition) is 1. The molecular weight excluding hydrogens is 304 g/mol. The second-order valence-corrected chi connectivity index (χ2v) is 6.44. The third-order valence-electron chi connectivity index (χ3n) is 4.64. The normalized spacial score (nSPS) is 15.3. The second-order valence-electron chi connectivity index (χ2n) is 6.44. The highest BCUT2D eigenvalue weighted by Crippen LogP contribution is 2.21. The van der Waals surface area contributed by atoms with Crippen LogP contribution in [0, 0.1) is 0 Å². The molecule has 5 nitrogen and oxygen atoms in total. The molecule has 0 heterocycles. The van der Waals surface area contributed by atoms with Crippen LogP contribution in [0.5, 0.6) is 11.5 Å². The Morgan fingerprint density at radius 1 is 1.17 bits per heavy atom. The average Bonchev–Trinajstić information content (AvgIpc) is 2.64. The fourth-order valence-electron chi connectivity index (χ4n) is 3.13. The highest BCUT2D eigenvalue weighted by Gasteiger charge is 2.17. The van der Waals surface area contributed by atoms with Crippen LogP contribution in [0.2, 0.25) is 0 Å². The molecule has 0 aliphatic heterocycles. The lowest BCUT2D eigenvalue weighted by Gasteiger charge is -2.31. The first-order valence-electron chi connectivity index (χ1n) is 8.93. The molecule has 24 heavy (non-hydrogen) atoms. The summed E-state index contributed by atoms with van der Waals surface area (Å²) < 4.78 is 10.5. The van der Waals surface area contributed by atoms with Crippen molar-refractivity contribution >= 4 is 5.91 Å². The van der Waals surface area contributed by atoms with Crippen LogP contribution in [-0.4, -0.2) is 50.7 Å². The van der Waals surface area contributed by atoms with Crippen LogP contribution in [0.3, 0.4) is 0 Å². The number of carbonyl (C=O) groups excluding carboxylic acids is 1. The summed E-state index contributed by atoms with van der Waals surface area (Å²) in [5, 5.41) is 2.92. The molecule has 1 saturated carbocycles. The zero-order valence-corrected chi connectivity index (χ0v) is 14.9. The van der Waals surface area contributed by atoms with Crippen LogP contribution in [0.1, 0.15) is 38.5 Å². The van der Waals surface area contributed by atoms with Gasteiger partial charge >= 0.3 is 0 Å². The number of nitrogens with one attached hydrogen (secondary N) is 1. The molecule has 1 aromatic carbocycles. The summed E-state index contributed by atoms with van der Waals surface area (Å²) in [6.45, 7) is 1.77. The Kier molecular flexibility index (Phi) is 7.89. The van der Waals surface area contributed by atoms with Crippen LogP contribution in [-0.2, 0) is 4.79 Å². The molecule has 1 aliphatic rings. The summed E-state index contributed by atoms with van der Waals surface area (Å²) in [5.41, 5.74) is 0. The fraction of sp³-hybridized carbons (Fsp3) is 0.632. The summed E-state index contributed by atoms with van der Waals surface area (Å²) in [6, 6.07) is 7.95. The Morgan fingerprint density at radius 3 is 2.50 bits per heavy atom. The van der Waals surface area contributed by atoms with Gasteiger partial charge in [0.05, 0.1) is 7.11 Å². The predicted octanol–water partition coefficient (Wildman–Crippen LogP) is 2.84. The third-order valence-corrected chi connectivity index (χ3v) is 4.64. The highest BCUT2D eigenvalue weighted by atomic mass is 16.5. The Balaban J connectivity index is 1.55. The monoisotopic (exact) mass is 334 g/mol. The molecule has 0 spiro atoms. The van der Waals surface area contributed by atoms with E-state index in [-0.39, 0.29) is 12.5 Å². The maximum absolute atomic E-state index is 11.8. The lowest BCUT2D eigenvalue weighted by atomic mass is 9.94. The van der Waals surface area contributed by atoms with E-state index in [9.17, 15) is 4.79 Å². The van der Waals surface area contributed by atoms with Gasteiger partial charge in [-0.1, -0.05) is 19.3 Å².